The van der Waals surface area contributed by atoms with Crippen molar-refractivity contribution in [1.82, 2.24) is 8.87 Å². The number of hydrogen-bond acceptors (Lipinski definition) is 5. The van der Waals surface area contributed by atoms with Crippen molar-refractivity contribution in [3.63, 3.8) is 0 Å². The number of halogens is 1. The number of sulfonamides is 1. The molecule has 0 aliphatic carbocycles. The van der Waals surface area contributed by atoms with Gasteiger partial charge in [0.25, 0.3) is 0 Å². The van der Waals surface area contributed by atoms with E-state index in [2.05, 4.69) is 5.32 Å². The van der Waals surface area contributed by atoms with Gasteiger partial charge in [-0.3, -0.25) is 9.36 Å². The van der Waals surface area contributed by atoms with Crippen molar-refractivity contribution in [2.75, 3.05) is 18.4 Å². The van der Waals surface area contributed by atoms with Gasteiger partial charge in [-0.25, -0.2) is 17.6 Å². The summed E-state index contributed by atoms with van der Waals surface area (Å²) in [5, 5.41) is 2.58. The second kappa shape index (κ2) is 8.51. The Morgan fingerprint density at radius 2 is 1.78 bits per heavy atom. The van der Waals surface area contributed by atoms with Crippen LogP contribution in [-0.4, -0.2) is 36.3 Å². The highest BCUT2D eigenvalue weighted by Crippen LogP contribution is 2.28. The van der Waals surface area contributed by atoms with E-state index in [-0.39, 0.29) is 28.9 Å². The molecule has 1 N–H and O–H groups in total. The highest BCUT2D eigenvalue weighted by molar-refractivity contribution is 7.89. The first-order valence-corrected chi connectivity index (χ1v) is 11.8. The molecule has 32 heavy (non-hydrogen) atoms. The maximum Gasteiger partial charge on any atom is 0.420 e. The average Bonchev–Trinajstić information content (AvgIpc) is 3.03. The van der Waals surface area contributed by atoms with E-state index in [1.54, 1.807) is 0 Å². The molecule has 2 heterocycles. The van der Waals surface area contributed by atoms with Gasteiger partial charge in [-0.15, -0.1) is 0 Å². The van der Waals surface area contributed by atoms with Crippen LogP contribution in [0, 0.1) is 17.7 Å². The Balaban J connectivity index is 1.58. The Kier molecular flexibility index (Phi) is 5.91. The van der Waals surface area contributed by atoms with Gasteiger partial charge in [-0.05, 0) is 54.7 Å². The van der Waals surface area contributed by atoms with Crippen molar-refractivity contribution in [1.29, 1.82) is 0 Å². The second-order valence-corrected chi connectivity index (χ2v) is 10.3. The van der Waals surface area contributed by atoms with E-state index in [9.17, 15) is 22.4 Å². The van der Waals surface area contributed by atoms with Crippen LogP contribution in [0.2, 0.25) is 0 Å². The van der Waals surface area contributed by atoms with Crippen molar-refractivity contribution < 1.29 is 22.0 Å². The summed E-state index contributed by atoms with van der Waals surface area (Å²) in [6.45, 7) is 4.60. The van der Waals surface area contributed by atoms with Gasteiger partial charge in [0.1, 0.15) is 12.4 Å². The summed E-state index contributed by atoms with van der Waals surface area (Å²) in [6, 6.07) is 9.44. The number of nitrogens with zero attached hydrogens (tertiary/aromatic N) is 2. The van der Waals surface area contributed by atoms with E-state index in [1.807, 2.05) is 13.8 Å². The van der Waals surface area contributed by atoms with Gasteiger partial charge in [0.2, 0.25) is 15.9 Å². The molecule has 0 spiro atoms. The second-order valence-electron chi connectivity index (χ2n) is 8.41. The maximum absolute atomic E-state index is 13.1. The molecular weight excluding hydrogens is 437 g/mol. The van der Waals surface area contributed by atoms with Crippen LogP contribution in [-0.2, 0) is 21.4 Å². The Morgan fingerprint density at radius 1 is 1.12 bits per heavy atom. The lowest BCUT2D eigenvalue weighted by molar-refractivity contribution is -0.116. The molecule has 3 aromatic rings. The number of amides is 1. The van der Waals surface area contributed by atoms with Crippen LogP contribution >= 0.6 is 0 Å². The molecule has 2 unspecified atom stereocenters. The minimum atomic E-state index is -3.74. The fourth-order valence-corrected chi connectivity index (χ4v) is 5.88. The summed E-state index contributed by atoms with van der Waals surface area (Å²) in [6.07, 6.45) is 0.975. The molecule has 1 aliphatic heterocycles. The van der Waals surface area contributed by atoms with Gasteiger partial charge in [0, 0.05) is 24.8 Å². The van der Waals surface area contributed by atoms with E-state index < -0.39 is 27.5 Å². The Morgan fingerprint density at radius 3 is 2.44 bits per heavy atom. The first-order chi connectivity index (χ1) is 15.1. The Bertz CT molecular complexity index is 1300. The van der Waals surface area contributed by atoms with Crippen LogP contribution in [0.3, 0.4) is 0 Å². The van der Waals surface area contributed by atoms with Crippen LogP contribution in [0.5, 0.6) is 0 Å². The third-order valence-corrected chi connectivity index (χ3v) is 7.37. The summed E-state index contributed by atoms with van der Waals surface area (Å²) in [4.78, 5) is 24.7. The molecule has 8 nitrogen and oxygen atoms in total. The summed E-state index contributed by atoms with van der Waals surface area (Å²) in [5.74, 6) is -1.19. The quantitative estimate of drug-likeness (QED) is 0.629. The number of carbonyl (C=O) groups is 1. The molecule has 0 radical (unpaired) electrons. The van der Waals surface area contributed by atoms with Crippen molar-refractivity contribution in [3.05, 3.63) is 58.8 Å². The van der Waals surface area contributed by atoms with Crippen molar-refractivity contribution >= 4 is 32.7 Å². The van der Waals surface area contributed by atoms with Crippen molar-refractivity contribution in [3.8, 4) is 0 Å². The zero-order valence-corrected chi connectivity index (χ0v) is 18.6. The molecule has 2 atom stereocenters. The first kappa shape index (κ1) is 22.2. The van der Waals surface area contributed by atoms with Gasteiger partial charge in [-0.1, -0.05) is 13.8 Å². The molecule has 170 valence electrons. The van der Waals surface area contributed by atoms with E-state index >= 15 is 0 Å². The van der Waals surface area contributed by atoms with Gasteiger partial charge in [0.05, 0.1) is 10.4 Å². The molecule has 1 aliphatic rings. The monoisotopic (exact) mass is 461 g/mol. The topological polar surface area (TPSA) is 102 Å². The summed E-state index contributed by atoms with van der Waals surface area (Å²) in [7, 11) is -3.74. The molecule has 1 amide bonds. The lowest BCUT2D eigenvalue weighted by atomic mass is 9.94. The summed E-state index contributed by atoms with van der Waals surface area (Å²) < 4.78 is 47.1. The minimum absolute atomic E-state index is 0.0444. The lowest BCUT2D eigenvalue weighted by Crippen LogP contribution is -2.42. The summed E-state index contributed by atoms with van der Waals surface area (Å²) in [5.41, 5.74) is 0.781. The number of piperidine rings is 1. The molecule has 4 rings (SSSR count). The van der Waals surface area contributed by atoms with E-state index in [0.717, 1.165) is 11.0 Å². The minimum Gasteiger partial charge on any atom is -0.408 e. The van der Waals surface area contributed by atoms with Gasteiger partial charge >= 0.3 is 5.76 Å². The van der Waals surface area contributed by atoms with Crippen molar-refractivity contribution in [2.24, 2.45) is 11.8 Å². The third-order valence-electron chi connectivity index (χ3n) is 5.54. The number of hydrogen-bond donors (Lipinski definition) is 1. The van der Waals surface area contributed by atoms with Crippen LogP contribution in [0.25, 0.3) is 11.1 Å². The predicted molar refractivity (Wildman–Crippen MR) is 117 cm³/mol. The number of fused-ring (bicyclic) bond motifs is 1. The Labute approximate surface area is 184 Å². The number of aromatic nitrogens is 1. The normalized spacial score (nSPS) is 19.8. The Hall–Kier alpha value is -2.98. The molecule has 1 saturated heterocycles. The molecule has 0 saturated carbocycles. The maximum atomic E-state index is 13.1. The molecule has 1 aromatic heterocycles. The fourth-order valence-electron chi connectivity index (χ4n) is 4.19. The lowest BCUT2D eigenvalue weighted by Gasteiger charge is -2.34. The number of rotatable bonds is 5. The summed E-state index contributed by atoms with van der Waals surface area (Å²) >= 11 is 0. The zero-order valence-electron chi connectivity index (χ0n) is 17.7. The van der Waals surface area contributed by atoms with Crippen LogP contribution in [0.15, 0.2) is 56.6 Å². The van der Waals surface area contributed by atoms with Crippen molar-refractivity contribution in [2.45, 2.75) is 31.7 Å². The number of oxazole rings is 1. The van der Waals surface area contributed by atoms with Gasteiger partial charge < -0.3 is 9.73 Å². The molecule has 10 heteroatoms. The van der Waals surface area contributed by atoms with E-state index in [1.165, 1.54) is 46.8 Å². The first-order valence-electron chi connectivity index (χ1n) is 10.3. The molecule has 0 bridgehead atoms. The molecule has 2 aromatic carbocycles. The van der Waals surface area contributed by atoms with Gasteiger partial charge in [0.15, 0.2) is 5.58 Å². The predicted octanol–water partition coefficient (Wildman–Crippen LogP) is 3.04. The average molecular weight is 462 g/mol. The largest absolute Gasteiger partial charge is 0.420 e. The van der Waals surface area contributed by atoms with Gasteiger partial charge in [-0.2, -0.15) is 4.31 Å². The van der Waals surface area contributed by atoms with Crippen LogP contribution in [0.4, 0.5) is 10.1 Å². The fraction of sp³-hybridized carbons (Fsp3) is 0.364. The SMILES string of the molecule is CC1CC(C)CN(S(=O)(=O)c2ccc3c(c2)oc(=O)n3CC(=O)Nc2ccc(F)cc2)C1. The van der Waals surface area contributed by atoms with Crippen LogP contribution in [0.1, 0.15) is 20.3 Å². The standard InChI is InChI=1S/C22H24FN3O5S/c1-14-9-15(2)12-25(11-14)32(29,30)18-7-8-19-20(10-18)31-22(28)26(19)13-21(27)24-17-5-3-16(23)4-6-17/h3-8,10,14-15H,9,11-13H2,1-2H3,(H,24,27). The van der Waals surface area contributed by atoms with E-state index in [0.29, 0.717) is 24.3 Å². The number of nitrogens with one attached hydrogen (secondary N) is 1. The smallest absolute Gasteiger partial charge is 0.408 e. The molecular formula is C22H24FN3O5S. The van der Waals surface area contributed by atoms with Crippen LogP contribution < -0.4 is 11.1 Å². The number of benzene rings is 2. The highest BCUT2D eigenvalue weighted by atomic mass is 32.2. The number of anilines is 1. The highest BCUT2D eigenvalue weighted by Gasteiger charge is 2.32. The zero-order chi connectivity index (χ0) is 23.0. The third kappa shape index (κ3) is 4.46. The van der Waals surface area contributed by atoms with E-state index in [4.69, 9.17) is 4.42 Å². The molecule has 1 fully saturated rings. The number of carbonyl (C=O) groups excluding carboxylic acids is 1.